The van der Waals surface area contributed by atoms with Crippen LogP contribution >= 0.6 is 11.3 Å². The Hall–Kier alpha value is -2.23. The number of hydrogen-bond donors (Lipinski definition) is 1. The van der Waals surface area contributed by atoms with Crippen LogP contribution in [-0.2, 0) is 12.7 Å². The zero-order valence-corrected chi connectivity index (χ0v) is 12.5. The Morgan fingerprint density at radius 2 is 2.05 bits per heavy atom. The highest BCUT2D eigenvalue weighted by molar-refractivity contribution is 7.11. The molecule has 0 saturated heterocycles. The van der Waals surface area contributed by atoms with Crippen molar-refractivity contribution in [3.8, 4) is 0 Å². The number of halogens is 3. The molecule has 1 N–H and O–H groups in total. The van der Waals surface area contributed by atoms with Gasteiger partial charge in [-0.25, -0.2) is 9.97 Å². The Labute approximate surface area is 127 Å². The molecule has 3 aromatic rings. The first-order valence-electron chi connectivity index (χ1n) is 6.30. The Bertz CT molecular complexity index is 822. The van der Waals surface area contributed by atoms with Gasteiger partial charge in [-0.3, -0.25) is 0 Å². The molecule has 3 heterocycles. The van der Waals surface area contributed by atoms with Crippen molar-refractivity contribution in [1.82, 2.24) is 24.6 Å². The quantitative estimate of drug-likeness (QED) is 0.801. The third-order valence-corrected chi connectivity index (χ3v) is 3.72. The fraction of sp³-hybridized carbons (Fsp3) is 0.333. The standard InChI is InChI=1S/C12H11F3N6S/c1-6-3-9(17-5-8-4-16-7(2)22-8)21-11(18-6)19-10(20-21)12(13,14)15/h3-4,17H,5H2,1-2H3. The predicted molar refractivity (Wildman–Crippen MR) is 74.7 cm³/mol. The van der Waals surface area contributed by atoms with Gasteiger partial charge >= 0.3 is 6.18 Å². The summed E-state index contributed by atoms with van der Waals surface area (Å²) >= 11 is 1.51. The zero-order chi connectivity index (χ0) is 15.9. The number of nitrogens with one attached hydrogen (secondary N) is 1. The van der Waals surface area contributed by atoms with Crippen LogP contribution < -0.4 is 5.32 Å². The van der Waals surface area contributed by atoms with Crippen molar-refractivity contribution >= 4 is 22.9 Å². The van der Waals surface area contributed by atoms with Gasteiger partial charge in [-0.1, -0.05) is 0 Å². The lowest BCUT2D eigenvalue weighted by Crippen LogP contribution is -2.09. The molecule has 0 aromatic carbocycles. The smallest absolute Gasteiger partial charge is 0.365 e. The van der Waals surface area contributed by atoms with Gasteiger partial charge in [-0.2, -0.15) is 22.7 Å². The van der Waals surface area contributed by atoms with Crippen LogP contribution in [-0.4, -0.2) is 24.6 Å². The van der Waals surface area contributed by atoms with Crippen LogP contribution in [0.5, 0.6) is 0 Å². The van der Waals surface area contributed by atoms with E-state index in [-0.39, 0.29) is 5.78 Å². The lowest BCUT2D eigenvalue weighted by Gasteiger charge is -2.07. The lowest BCUT2D eigenvalue weighted by atomic mass is 10.4. The summed E-state index contributed by atoms with van der Waals surface area (Å²) in [5.41, 5.74) is 0.552. The van der Waals surface area contributed by atoms with Gasteiger partial charge in [-0.15, -0.1) is 16.4 Å². The first-order chi connectivity index (χ1) is 10.3. The molecule has 0 aliphatic rings. The van der Waals surface area contributed by atoms with E-state index in [0.717, 1.165) is 14.4 Å². The maximum Gasteiger partial charge on any atom is 0.453 e. The molecule has 0 fully saturated rings. The van der Waals surface area contributed by atoms with Gasteiger partial charge in [0, 0.05) is 22.8 Å². The van der Waals surface area contributed by atoms with Gasteiger partial charge in [0.25, 0.3) is 11.6 Å². The highest BCUT2D eigenvalue weighted by Crippen LogP contribution is 2.27. The first-order valence-corrected chi connectivity index (χ1v) is 7.11. The molecule has 0 aliphatic heterocycles. The Balaban J connectivity index is 1.95. The highest BCUT2D eigenvalue weighted by Gasteiger charge is 2.36. The molecule has 0 saturated carbocycles. The molecule has 0 radical (unpaired) electrons. The molecule has 0 atom stereocenters. The molecule has 116 valence electrons. The van der Waals surface area contributed by atoms with E-state index >= 15 is 0 Å². The Morgan fingerprint density at radius 3 is 2.68 bits per heavy atom. The maximum absolute atomic E-state index is 12.7. The van der Waals surface area contributed by atoms with Crippen LogP contribution in [0.3, 0.4) is 0 Å². The van der Waals surface area contributed by atoms with Crippen LogP contribution in [0.2, 0.25) is 0 Å². The van der Waals surface area contributed by atoms with Crippen molar-refractivity contribution in [2.75, 3.05) is 5.32 Å². The first kappa shape index (κ1) is 14.7. The molecule has 0 unspecified atom stereocenters. The summed E-state index contributed by atoms with van der Waals surface area (Å²) in [4.78, 5) is 12.5. The van der Waals surface area contributed by atoms with Gasteiger partial charge < -0.3 is 5.32 Å². The summed E-state index contributed by atoms with van der Waals surface area (Å²) in [5.74, 6) is -0.894. The number of fused-ring (bicyclic) bond motifs is 1. The number of aromatic nitrogens is 5. The number of anilines is 1. The molecular weight excluding hydrogens is 317 g/mol. The fourth-order valence-corrected chi connectivity index (χ4v) is 2.63. The van der Waals surface area contributed by atoms with Crippen LogP contribution in [0.1, 0.15) is 21.4 Å². The molecule has 0 spiro atoms. The SMILES string of the molecule is Cc1cc(NCc2cnc(C)s2)n2nc(C(F)(F)F)nc2n1. The van der Waals surface area contributed by atoms with Crippen molar-refractivity contribution in [3.63, 3.8) is 0 Å². The number of nitrogens with zero attached hydrogens (tertiary/aromatic N) is 5. The largest absolute Gasteiger partial charge is 0.453 e. The average Bonchev–Trinajstić information content (AvgIpc) is 3.01. The van der Waals surface area contributed by atoms with E-state index in [1.165, 1.54) is 11.3 Å². The molecule has 0 aliphatic carbocycles. The van der Waals surface area contributed by atoms with E-state index < -0.39 is 12.0 Å². The fourth-order valence-electron chi connectivity index (χ4n) is 1.90. The lowest BCUT2D eigenvalue weighted by molar-refractivity contribution is -0.144. The average molecular weight is 328 g/mol. The number of hydrogen-bond acceptors (Lipinski definition) is 6. The monoisotopic (exact) mass is 328 g/mol. The number of thiazole rings is 1. The van der Waals surface area contributed by atoms with Crippen LogP contribution in [0.15, 0.2) is 12.3 Å². The summed E-state index contributed by atoms with van der Waals surface area (Å²) in [6, 6.07) is 1.62. The molecule has 10 heteroatoms. The minimum atomic E-state index is -4.60. The van der Waals surface area contributed by atoms with Crippen LogP contribution in [0.25, 0.3) is 5.78 Å². The topological polar surface area (TPSA) is 68.0 Å². The van der Waals surface area contributed by atoms with Gasteiger partial charge in [0.1, 0.15) is 5.82 Å². The second kappa shape index (κ2) is 5.20. The molecule has 3 aromatic heterocycles. The summed E-state index contributed by atoms with van der Waals surface area (Å²) < 4.78 is 39.2. The third kappa shape index (κ3) is 2.86. The van der Waals surface area contributed by atoms with Crippen LogP contribution in [0.4, 0.5) is 19.0 Å². The van der Waals surface area contributed by atoms with Crippen molar-refractivity contribution in [3.05, 3.63) is 33.7 Å². The van der Waals surface area contributed by atoms with Gasteiger partial charge in [0.05, 0.1) is 11.6 Å². The predicted octanol–water partition coefficient (Wildman–Crippen LogP) is 2.83. The van der Waals surface area contributed by atoms with E-state index in [1.807, 2.05) is 6.92 Å². The van der Waals surface area contributed by atoms with E-state index in [4.69, 9.17) is 0 Å². The van der Waals surface area contributed by atoms with Gasteiger partial charge in [-0.05, 0) is 13.8 Å². The molecule has 3 rings (SSSR count). The van der Waals surface area contributed by atoms with E-state index in [9.17, 15) is 13.2 Å². The third-order valence-electron chi connectivity index (χ3n) is 2.81. The minimum absolute atomic E-state index is 0.0877. The van der Waals surface area contributed by atoms with Crippen LogP contribution in [0, 0.1) is 13.8 Å². The normalized spacial score (nSPS) is 12.0. The number of aryl methyl sites for hydroxylation is 2. The summed E-state index contributed by atoms with van der Waals surface area (Å²) in [5, 5.41) is 7.46. The molecule has 0 amide bonds. The number of alkyl halides is 3. The molecule has 6 nitrogen and oxygen atoms in total. The molecule has 22 heavy (non-hydrogen) atoms. The minimum Gasteiger partial charge on any atom is -0.365 e. The highest BCUT2D eigenvalue weighted by atomic mass is 32.1. The van der Waals surface area contributed by atoms with E-state index in [1.54, 1.807) is 19.2 Å². The van der Waals surface area contributed by atoms with E-state index in [2.05, 4.69) is 25.4 Å². The Morgan fingerprint density at radius 1 is 1.27 bits per heavy atom. The zero-order valence-electron chi connectivity index (χ0n) is 11.6. The summed E-state index contributed by atoms with van der Waals surface area (Å²) in [7, 11) is 0. The van der Waals surface area contributed by atoms with Gasteiger partial charge in [0.15, 0.2) is 0 Å². The Kier molecular flexibility index (Phi) is 3.47. The van der Waals surface area contributed by atoms with Crippen molar-refractivity contribution in [1.29, 1.82) is 0 Å². The van der Waals surface area contributed by atoms with Gasteiger partial charge in [0.2, 0.25) is 0 Å². The summed E-state index contributed by atoms with van der Waals surface area (Å²) in [6.45, 7) is 4.01. The molecular formula is C12H11F3N6S. The molecule has 0 bridgehead atoms. The second-order valence-electron chi connectivity index (χ2n) is 4.63. The van der Waals surface area contributed by atoms with Crippen molar-refractivity contribution < 1.29 is 13.2 Å². The van der Waals surface area contributed by atoms with Crippen molar-refractivity contribution in [2.45, 2.75) is 26.6 Å². The summed E-state index contributed by atoms with van der Waals surface area (Å²) in [6.07, 6.45) is -2.88. The second-order valence-corrected chi connectivity index (χ2v) is 5.95. The van der Waals surface area contributed by atoms with Crippen molar-refractivity contribution in [2.24, 2.45) is 0 Å². The number of rotatable bonds is 3. The van der Waals surface area contributed by atoms with E-state index in [0.29, 0.717) is 18.1 Å². The maximum atomic E-state index is 12.7.